The van der Waals surface area contributed by atoms with Crippen molar-refractivity contribution in [1.82, 2.24) is 4.90 Å². The fourth-order valence-corrected chi connectivity index (χ4v) is 2.91. The van der Waals surface area contributed by atoms with E-state index in [9.17, 15) is 9.18 Å². The fraction of sp³-hybridized carbons (Fsp3) is 0.389. The highest BCUT2D eigenvalue weighted by Gasteiger charge is 2.28. The van der Waals surface area contributed by atoms with Gasteiger partial charge in [-0.3, -0.25) is 4.79 Å². The molecule has 0 aliphatic carbocycles. The van der Waals surface area contributed by atoms with Gasteiger partial charge in [0.15, 0.2) is 5.76 Å². The zero-order valence-electron chi connectivity index (χ0n) is 13.3. The number of rotatable bonds is 3. The second kappa shape index (κ2) is 6.54. The minimum Gasteiger partial charge on any atom is -0.456 e. The number of morpholine rings is 1. The third-order valence-electron chi connectivity index (χ3n) is 4.04. The van der Waals surface area contributed by atoms with Gasteiger partial charge in [-0.1, -0.05) is 12.1 Å². The van der Waals surface area contributed by atoms with E-state index in [4.69, 9.17) is 9.15 Å². The van der Waals surface area contributed by atoms with Gasteiger partial charge in [-0.05, 0) is 37.6 Å². The average molecular weight is 317 g/mol. The molecule has 0 bridgehead atoms. The molecule has 1 aliphatic heterocycles. The molecule has 0 spiro atoms. The lowest BCUT2D eigenvalue weighted by Crippen LogP contribution is -2.46. The molecular weight excluding hydrogens is 297 g/mol. The molecule has 0 radical (unpaired) electrons. The summed E-state index contributed by atoms with van der Waals surface area (Å²) in [6.07, 6.45) is 0.565. The van der Waals surface area contributed by atoms with Gasteiger partial charge >= 0.3 is 0 Å². The van der Waals surface area contributed by atoms with Crippen LogP contribution < -0.4 is 0 Å². The molecule has 1 aliphatic rings. The Kier molecular flexibility index (Phi) is 4.48. The number of hydrogen-bond acceptors (Lipinski definition) is 3. The van der Waals surface area contributed by atoms with Gasteiger partial charge in [0.25, 0.3) is 5.91 Å². The normalized spacial score (nSPS) is 18.2. The fourth-order valence-electron chi connectivity index (χ4n) is 2.91. The van der Waals surface area contributed by atoms with E-state index in [1.54, 1.807) is 17.0 Å². The first kappa shape index (κ1) is 15.7. The van der Waals surface area contributed by atoms with Crippen molar-refractivity contribution >= 4 is 5.91 Å². The highest BCUT2D eigenvalue weighted by molar-refractivity contribution is 5.93. The number of ether oxygens (including phenoxy) is 1. The Labute approximate surface area is 134 Å². The summed E-state index contributed by atoms with van der Waals surface area (Å²) in [5, 5.41) is 0. The van der Waals surface area contributed by atoms with Crippen LogP contribution in [0, 0.1) is 19.7 Å². The number of hydrogen-bond donors (Lipinski definition) is 0. The lowest BCUT2D eigenvalue weighted by Gasteiger charge is -2.32. The van der Waals surface area contributed by atoms with E-state index in [1.165, 1.54) is 12.1 Å². The first-order chi connectivity index (χ1) is 11.0. The molecule has 0 N–H and O–H groups in total. The van der Waals surface area contributed by atoms with Gasteiger partial charge in [0.05, 0.1) is 12.7 Å². The maximum absolute atomic E-state index is 13.0. The predicted molar refractivity (Wildman–Crippen MR) is 83.9 cm³/mol. The van der Waals surface area contributed by atoms with E-state index in [2.05, 4.69) is 0 Å². The predicted octanol–water partition coefficient (Wildman–Crippen LogP) is 3.12. The van der Waals surface area contributed by atoms with Gasteiger partial charge in [0.2, 0.25) is 0 Å². The molecule has 1 aromatic heterocycles. The third kappa shape index (κ3) is 3.62. The molecular formula is C18H20FNO3. The number of carbonyl (C=O) groups is 1. The van der Waals surface area contributed by atoms with E-state index in [0.29, 0.717) is 31.9 Å². The molecule has 1 unspecified atom stereocenters. The Bertz CT molecular complexity index is 693. The molecule has 2 heterocycles. The quantitative estimate of drug-likeness (QED) is 0.873. The largest absolute Gasteiger partial charge is 0.456 e. The van der Waals surface area contributed by atoms with Crippen LogP contribution in [-0.4, -0.2) is 36.6 Å². The Balaban J connectivity index is 1.67. The number of nitrogens with zero attached hydrogens (tertiary/aromatic N) is 1. The smallest absolute Gasteiger partial charge is 0.290 e. The third-order valence-corrected chi connectivity index (χ3v) is 4.04. The summed E-state index contributed by atoms with van der Waals surface area (Å²) in [6, 6.07) is 8.24. The molecule has 1 aromatic carbocycles. The SMILES string of the molecule is Cc1cc(C)c(C(=O)N2CCOC(Cc3ccc(F)cc3)C2)o1. The second-order valence-electron chi connectivity index (χ2n) is 5.94. The lowest BCUT2D eigenvalue weighted by molar-refractivity contribution is -0.0218. The van der Waals surface area contributed by atoms with Gasteiger partial charge in [-0.2, -0.15) is 0 Å². The molecule has 5 heteroatoms. The summed E-state index contributed by atoms with van der Waals surface area (Å²) in [6.45, 7) is 5.27. The Morgan fingerprint density at radius 3 is 2.70 bits per heavy atom. The summed E-state index contributed by atoms with van der Waals surface area (Å²) in [5.41, 5.74) is 1.85. The zero-order valence-corrected chi connectivity index (χ0v) is 13.3. The van der Waals surface area contributed by atoms with Crippen LogP contribution in [0.2, 0.25) is 0 Å². The molecule has 1 amide bonds. The molecule has 2 aromatic rings. The van der Waals surface area contributed by atoms with Crippen LogP contribution in [0.5, 0.6) is 0 Å². The standard InChI is InChI=1S/C18H20FNO3/c1-12-9-13(2)23-17(12)18(21)20-7-8-22-16(11-20)10-14-3-5-15(19)6-4-14/h3-6,9,16H,7-8,10-11H2,1-2H3. The van der Waals surface area contributed by atoms with Crippen molar-refractivity contribution < 1.29 is 18.3 Å². The highest BCUT2D eigenvalue weighted by atomic mass is 19.1. The maximum atomic E-state index is 13.0. The number of amides is 1. The number of furan rings is 1. The summed E-state index contributed by atoms with van der Waals surface area (Å²) >= 11 is 0. The van der Waals surface area contributed by atoms with Crippen LogP contribution >= 0.6 is 0 Å². The minimum atomic E-state index is -0.251. The summed E-state index contributed by atoms with van der Waals surface area (Å²) in [4.78, 5) is 14.4. The van der Waals surface area contributed by atoms with E-state index in [1.807, 2.05) is 19.9 Å². The molecule has 1 saturated heterocycles. The summed E-state index contributed by atoms with van der Waals surface area (Å²) < 4.78 is 24.2. The van der Waals surface area contributed by atoms with Crippen molar-refractivity contribution in [2.45, 2.75) is 26.4 Å². The first-order valence-electron chi connectivity index (χ1n) is 7.75. The van der Waals surface area contributed by atoms with Crippen molar-refractivity contribution in [3.05, 3.63) is 58.8 Å². The monoisotopic (exact) mass is 317 g/mol. The van der Waals surface area contributed by atoms with Crippen LogP contribution in [0.25, 0.3) is 0 Å². The molecule has 23 heavy (non-hydrogen) atoms. The second-order valence-corrected chi connectivity index (χ2v) is 5.94. The minimum absolute atomic E-state index is 0.0884. The van der Waals surface area contributed by atoms with Gasteiger partial charge < -0.3 is 14.1 Å². The Hall–Kier alpha value is -2.14. The first-order valence-corrected chi connectivity index (χ1v) is 7.75. The van der Waals surface area contributed by atoms with Crippen LogP contribution in [0.4, 0.5) is 4.39 Å². The van der Waals surface area contributed by atoms with E-state index >= 15 is 0 Å². The van der Waals surface area contributed by atoms with Gasteiger partial charge in [-0.15, -0.1) is 0 Å². The lowest BCUT2D eigenvalue weighted by atomic mass is 10.1. The maximum Gasteiger partial charge on any atom is 0.290 e. The van der Waals surface area contributed by atoms with E-state index in [0.717, 1.165) is 16.9 Å². The molecule has 3 rings (SSSR count). The van der Waals surface area contributed by atoms with Crippen LogP contribution in [0.3, 0.4) is 0 Å². The van der Waals surface area contributed by atoms with E-state index < -0.39 is 0 Å². The number of aryl methyl sites for hydroxylation is 2. The molecule has 0 saturated carbocycles. The van der Waals surface area contributed by atoms with Crippen molar-refractivity contribution in [1.29, 1.82) is 0 Å². The topological polar surface area (TPSA) is 42.7 Å². The van der Waals surface area contributed by atoms with Crippen molar-refractivity contribution in [2.24, 2.45) is 0 Å². The molecule has 1 atom stereocenters. The Morgan fingerprint density at radius 2 is 2.04 bits per heavy atom. The van der Waals surface area contributed by atoms with Crippen LogP contribution in [-0.2, 0) is 11.2 Å². The highest BCUT2D eigenvalue weighted by Crippen LogP contribution is 2.19. The number of halogens is 1. The molecule has 122 valence electrons. The summed E-state index contributed by atoms with van der Waals surface area (Å²) in [5.74, 6) is 0.800. The van der Waals surface area contributed by atoms with Crippen molar-refractivity contribution in [3.8, 4) is 0 Å². The summed E-state index contributed by atoms with van der Waals surface area (Å²) in [7, 11) is 0. The van der Waals surface area contributed by atoms with Crippen LogP contribution in [0.1, 0.15) is 27.4 Å². The van der Waals surface area contributed by atoms with Crippen molar-refractivity contribution in [2.75, 3.05) is 19.7 Å². The Morgan fingerprint density at radius 1 is 1.30 bits per heavy atom. The number of benzene rings is 1. The molecule has 1 fully saturated rings. The van der Waals surface area contributed by atoms with Gasteiger partial charge in [0, 0.05) is 25.1 Å². The van der Waals surface area contributed by atoms with Crippen LogP contribution in [0.15, 0.2) is 34.7 Å². The number of carbonyl (C=O) groups excluding carboxylic acids is 1. The van der Waals surface area contributed by atoms with Crippen molar-refractivity contribution in [3.63, 3.8) is 0 Å². The van der Waals surface area contributed by atoms with E-state index in [-0.39, 0.29) is 17.8 Å². The average Bonchev–Trinajstić information content (AvgIpc) is 2.88. The zero-order chi connectivity index (χ0) is 16.4. The van der Waals surface area contributed by atoms with Gasteiger partial charge in [-0.25, -0.2) is 4.39 Å². The van der Waals surface area contributed by atoms with Gasteiger partial charge in [0.1, 0.15) is 11.6 Å². The molecule has 4 nitrogen and oxygen atoms in total.